The topological polar surface area (TPSA) is 53.3 Å². The van der Waals surface area contributed by atoms with Crippen LogP contribution in [0.1, 0.15) is 36.0 Å². The van der Waals surface area contributed by atoms with Crippen LogP contribution in [-0.2, 0) is 9.47 Å². The van der Waals surface area contributed by atoms with Gasteiger partial charge in [-0.2, -0.15) is 5.10 Å². The van der Waals surface area contributed by atoms with E-state index in [0.717, 1.165) is 19.3 Å². The lowest BCUT2D eigenvalue weighted by Crippen LogP contribution is -2.23. The molecule has 1 aromatic heterocycles. The van der Waals surface area contributed by atoms with Crippen molar-refractivity contribution >= 4 is 21.9 Å². The zero-order valence-corrected chi connectivity index (χ0v) is 10.6. The number of esters is 1. The third-order valence-corrected chi connectivity index (χ3v) is 2.92. The van der Waals surface area contributed by atoms with Crippen LogP contribution in [0.25, 0.3) is 0 Å². The smallest absolute Gasteiger partial charge is 0.356 e. The van der Waals surface area contributed by atoms with E-state index in [1.807, 2.05) is 0 Å². The molecule has 2 heterocycles. The number of ether oxygens (including phenoxy) is 2. The van der Waals surface area contributed by atoms with Crippen LogP contribution in [0, 0.1) is 0 Å². The quantitative estimate of drug-likeness (QED) is 0.783. The Balaban J connectivity index is 2.27. The highest BCUT2D eigenvalue weighted by Crippen LogP contribution is 2.25. The van der Waals surface area contributed by atoms with Gasteiger partial charge < -0.3 is 9.47 Å². The molecule has 0 saturated carbocycles. The Bertz CT molecular complexity index is 385. The van der Waals surface area contributed by atoms with E-state index in [-0.39, 0.29) is 6.23 Å². The lowest BCUT2D eigenvalue weighted by molar-refractivity contribution is -0.0416. The Morgan fingerprint density at radius 1 is 1.69 bits per heavy atom. The van der Waals surface area contributed by atoms with Crippen molar-refractivity contribution < 1.29 is 14.3 Å². The van der Waals surface area contributed by atoms with E-state index >= 15 is 0 Å². The van der Waals surface area contributed by atoms with Crippen molar-refractivity contribution in [2.24, 2.45) is 0 Å². The lowest BCUT2D eigenvalue weighted by Gasteiger charge is -2.23. The van der Waals surface area contributed by atoms with Crippen molar-refractivity contribution in [2.75, 3.05) is 13.7 Å². The maximum absolute atomic E-state index is 11.5. The molecule has 1 aliphatic rings. The van der Waals surface area contributed by atoms with Gasteiger partial charge in [0.05, 0.1) is 7.11 Å². The second-order valence-corrected chi connectivity index (χ2v) is 4.42. The average molecular weight is 289 g/mol. The summed E-state index contributed by atoms with van der Waals surface area (Å²) in [6.07, 6.45) is 2.86. The molecule has 0 radical (unpaired) electrons. The Morgan fingerprint density at radius 3 is 3.12 bits per heavy atom. The third kappa shape index (κ3) is 2.27. The monoisotopic (exact) mass is 288 g/mol. The first kappa shape index (κ1) is 11.6. The molecule has 0 spiro atoms. The van der Waals surface area contributed by atoms with E-state index in [4.69, 9.17) is 9.47 Å². The fourth-order valence-electron chi connectivity index (χ4n) is 1.76. The number of nitrogens with zero attached hydrogens (tertiary/aromatic N) is 2. The highest BCUT2D eigenvalue weighted by Gasteiger charge is 2.23. The molecule has 0 aliphatic carbocycles. The summed E-state index contributed by atoms with van der Waals surface area (Å²) in [7, 11) is 1.36. The van der Waals surface area contributed by atoms with Crippen LogP contribution in [0.15, 0.2) is 10.7 Å². The van der Waals surface area contributed by atoms with Gasteiger partial charge in [0.15, 0.2) is 11.9 Å². The number of hydrogen-bond donors (Lipinski definition) is 0. The first-order valence-electron chi connectivity index (χ1n) is 5.17. The van der Waals surface area contributed by atoms with Gasteiger partial charge in [-0.25, -0.2) is 9.48 Å². The Kier molecular flexibility index (Phi) is 3.60. The Hall–Kier alpha value is -0.880. The summed E-state index contributed by atoms with van der Waals surface area (Å²) >= 11 is 3.25. The molecule has 0 amide bonds. The van der Waals surface area contributed by atoms with Crippen LogP contribution in [0.2, 0.25) is 0 Å². The number of aromatic nitrogens is 2. The maximum Gasteiger partial charge on any atom is 0.356 e. The number of carbonyl (C=O) groups excluding carboxylic acids is 1. The molecule has 0 bridgehead atoms. The molecule has 1 aromatic rings. The normalized spacial score (nSPS) is 20.8. The molecule has 1 fully saturated rings. The van der Waals surface area contributed by atoms with Crippen molar-refractivity contribution in [1.82, 2.24) is 9.78 Å². The van der Waals surface area contributed by atoms with Gasteiger partial charge >= 0.3 is 5.97 Å². The van der Waals surface area contributed by atoms with Gasteiger partial charge in [0.1, 0.15) is 4.60 Å². The van der Waals surface area contributed by atoms with Crippen molar-refractivity contribution in [2.45, 2.75) is 25.5 Å². The largest absolute Gasteiger partial charge is 0.464 e. The van der Waals surface area contributed by atoms with Gasteiger partial charge in [-0.1, -0.05) is 0 Å². The Labute approximate surface area is 102 Å². The van der Waals surface area contributed by atoms with Crippen LogP contribution in [0.5, 0.6) is 0 Å². The number of carbonyl (C=O) groups is 1. The van der Waals surface area contributed by atoms with E-state index in [0.29, 0.717) is 16.9 Å². The minimum Gasteiger partial charge on any atom is -0.464 e. The fourth-order valence-corrected chi connectivity index (χ4v) is 2.15. The van der Waals surface area contributed by atoms with Crippen LogP contribution in [0.3, 0.4) is 0 Å². The average Bonchev–Trinajstić information content (AvgIpc) is 2.71. The van der Waals surface area contributed by atoms with Crippen molar-refractivity contribution in [1.29, 1.82) is 0 Å². The molecule has 2 rings (SSSR count). The van der Waals surface area contributed by atoms with Crippen molar-refractivity contribution in [3.05, 3.63) is 16.4 Å². The third-order valence-electron chi connectivity index (χ3n) is 2.53. The highest BCUT2D eigenvalue weighted by molar-refractivity contribution is 9.10. The van der Waals surface area contributed by atoms with E-state index in [2.05, 4.69) is 21.0 Å². The van der Waals surface area contributed by atoms with E-state index in [1.165, 1.54) is 7.11 Å². The predicted octanol–water partition coefficient (Wildman–Crippen LogP) is 2.13. The molecule has 0 N–H and O–H groups in total. The summed E-state index contributed by atoms with van der Waals surface area (Å²) in [5, 5.41) is 4.21. The van der Waals surface area contributed by atoms with Crippen molar-refractivity contribution in [3.63, 3.8) is 0 Å². The molecule has 88 valence electrons. The first-order valence-corrected chi connectivity index (χ1v) is 5.96. The number of halogens is 1. The maximum atomic E-state index is 11.5. The van der Waals surface area contributed by atoms with Gasteiger partial charge in [-0.05, 0) is 35.2 Å². The van der Waals surface area contributed by atoms with Gasteiger partial charge in [0.2, 0.25) is 0 Å². The zero-order valence-electron chi connectivity index (χ0n) is 8.98. The van der Waals surface area contributed by atoms with Crippen LogP contribution in [-0.4, -0.2) is 29.5 Å². The molecule has 1 saturated heterocycles. The van der Waals surface area contributed by atoms with Crippen LogP contribution >= 0.6 is 15.9 Å². The highest BCUT2D eigenvalue weighted by atomic mass is 79.9. The zero-order chi connectivity index (χ0) is 11.5. The van der Waals surface area contributed by atoms with Gasteiger partial charge in [-0.3, -0.25) is 0 Å². The summed E-state index contributed by atoms with van der Waals surface area (Å²) in [6.45, 7) is 0.711. The summed E-state index contributed by atoms with van der Waals surface area (Å²) in [4.78, 5) is 11.5. The van der Waals surface area contributed by atoms with Gasteiger partial charge in [0, 0.05) is 12.7 Å². The summed E-state index contributed by atoms with van der Waals surface area (Å²) in [5.41, 5.74) is 0.418. The lowest BCUT2D eigenvalue weighted by atomic mass is 10.2. The minimum absolute atomic E-state index is 0.158. The predicted molar refractivity (Wildman–Crippen MR) is 60.1 cm³/mol. The van der Waals surface area contributed by atoms with E-state index < -0.39 is 5.97 Å². The molecule has 0 aromatic carbocycles. The van der Waals surface area contributed by atoms with E-state index in [9.17, 15) is 4.79 Å². The minimum atomic E-state index is -0.396. The SMILES string of the molecule is COC(=O)c1cc(Br)nn1C1CCCCO1. The van der Waals surface area contributed by atoms with Crippen LogP contribution < -0.4 is 0 Å². The second-order valence-electron chi connectivity index (χ2n) is 3.61. The molecule has 6 heteroatoms. The Morgan fingerprint density at radius 2 is 2.50 bits per heavy atom. The van der Waals surface area contributed by atoms with Crippen molar-refractivity contribution in [3.8, 4) is 0 Å². The number of hydrogen-bond acceptors (Lipinski definition) is 4. The molecule has 16 heavy (non-hydrogen) atoms. The molecule has 1 aliphatic heterocycles. The molecule has 5 nitrogen and oxygen atoms in total. The summed E-state index contributed by atoms with van der Waals surface area (Å²) < 4.78 is 12.5. The molecular weight excluding hydrogens is 276 g/mol. The van der Waals surface area contributed by atoms with Gasteiger partial charge in [0.25, 0.3) is 0 Å². The second kappa shape index (κ2) is 4.97. The van der Waals surface area contributed by atoms with E-state index in [1.54, 1.807) is 10.7 Å². The standard InChI is InChI=1S/C10H13BrN2O3/c1-15-10(14)7-6-8(11)12-13(7)9-4-2-3-5-16-9/h6,9H,2-5H2,1H3. The summed E-state index contributed by atoms with van der Waals surface area (Å²) in [5.74, 6) is -0.396. The van der Waals surface area contributed by atoms with Crippen LogP contribution in [0.4, 0.5) is 0 Å². The summed E-state index contributed by atoms with van der Waals surface area (Å²) in [6, 6.07) is 1.64. The fraction of sp³-hybridized carbons (Fsp3) is 0.600. The number of methoxy groups -OCH3 is 1. The molecule has 1 unspecified atom stereocenters. The molecular formula is C10H13BrN2O3. The number of rotatable bonds is 2. The molecule has 1 atom stereocenters. The first-order chi connectivity index (χ1) is 7.72. The van der Waals surface area contributed by atoms with Gasteiger partial charge in [-0.15, -0.1) is 0 Å².